The molecule has 1 unspecified atom stereocenters. The molecule has 6 nitrogen and oxygen atoms in total. The summed E-state index contributed by atoms with van der Waals surface area (Å²) in [5.41, 5.74) is 3.89. The molecule has 0 radical (unpaired) electrons. The fourth-order valence-corrected chi connectivity index (χ4v) is 4.93. The summed E-state index contributed by atoms with van der Waals surface area (Å²) >= 11 is 0. The van der Waals surface area contributed by atoms with Crippen molar-refractivity contribution in [2.24, 2.45) is 0 Å². The second kappa shape index (κ2) is 10.9. The molecular formula is C31H31NO5. The first-order valence-corrected chi connectivity index (χ1v) is 12.7. The Morgan fingerprint density at radius 1 is 0.919 bits per heavy atom. The van der Waals surface area contributed by atoms with Gasteiger partial charge in [-0.2, -0.15) is 0 Å². The Balaban J connectivity index is 1.36. The van der Waals surface area contributed by atoms with Crippen LogP contribution in [0.15, 0.2) is 82.0 Å². The zero-order valence-electron chi connectivity index (χ0n) is 21.2. The Hall–Kier alpha value is -4.06. The van der Waals surface area contributed by atoms with Gasteiger partial charge in [0.15, 0.2) is 5.43 Å². The number of ether oxygens (including phenoxy) is 2. The highest BCUT2D eigenvalue weighted by Gasteiger charge is 2.30. The first-order chi connectivity index (χ1) is 18.0. The Bertz CT molecular complexity index is 1450. The Morgan fingerprint density at radius 2 is 1.59 bits per heavy atom. The lowest BCUT2D eigenvalue weighted by Crippen LogP contribution is -2.39. The maximum absolute atomic E-state index is 13.3. The maximum Gasteiger partial charge on any atom is 0.410 e. The SMILES string of the molecule is Cc1c(C2CCCN(C(=O)OCc3ccccc3)C2)oc2c(C)c(OCc3ccccc3)ccc2c1=O. The van der Waals surface area contributed by atoms with Crippen molar-refractivity contribution in [3.8, 4) is 5.75 Å². The topological polar surface area (TPSA) is 69.0 Å². The van der Waals surface area contributed by atoms with Gasteiger partial charge in [-0.15, -0.1) is 0 Å². The second-order valence-electron chi connectivity index (χ2n) is 9.59. The van der Waals surface area contributed by atoms with Gasteiger partial charge in [0.05, 0.1) is 5.39 Å². The van der Waals surface area contributed by atoms with Gasteiger partial charge in [-0.1, -0.05) is 60.7 Å². The van der Waals surface area contributed by atoms with Crippen molar-refractivity contribution >= 4 is 17.1 Å². The smallest absolute Gasteiger partial charge is 0.410 e. The van der Waals surface area contributed by atoms with Gasteiger partial charge in [0.25, 0.3) is 0 Å². The van der Waals surface area contributed by atoms with Crippen molar-refractivity contribution in [3.63, 3.8) is 0 Å². The van der Waals surface area contributed by atoms with E-state index >= 15 is 0 Å². The van der Waals surface area contributed by atoms with E-state index in [2.05, 4.69) is 0 Å². The Labute approximate surface area is 216 Å². The number of aryl methyl sites for hydroxylation is 1. The third-order valence-electron chi connectivity index (χ3n) is 7.02. The summed E-state index contributed by atoms with van der Waals surface area (Å²) in [6.07, 6.45) is 1.30. The number of carbonyl (C=O) groups is 1. The quantitative estimate of drug-likeness (QED) is 0.304. The highest BCUT2D eigenvalue weighted by molar-refractivity contribution is 5.82. The fraction of sp³-hybridized carbons (Fsp3) is 0.290. The molecular weight excluding hydrogens is 466 g/mol. The van der Waals surface area contributed by atoms with Crippen LogP contribution >= 0.6 is 0 Å². The van der Waals surface area contributed by atoms with E-state index < -0.39 is 0 Å². The molecule has 1 aromatic heterocycles. The van der Waals surface area contributed by atoms with E-state index in [4.69, 9.17) is 13.9 Å². The predicted octanol–water partition coefficient (Wildman–Crippen LogP) is 6.51. The molecule has 1 aliphatic heterocycles. The molecule has 190 valence electrons. The van der Waals surface area contributed by atoms with Gasteiger partial charge in [-0.3, -0.25) is 4.79 Å². The summed E-state index contributed by atoms with van der Waals surface area (Å²) in [5, 5.41) is 0.542. The number of fused-ring (bicyclic) bond motifs is 1. The zero-order chi connectivity index (χ0) is 25.8. The molecule has 5 rings (SSSR count). The number of hydrogen-bond acceptors (Lipinski definition) is 5. The van der Waals surface area contributed by atoms with Crippen LogP contribution in [-0.4, -0.2) is 24.1 Å². The number of hydrogen-bond donors (Lipinski definition) is 0. The molecule has 37 heavy (non-hydrogen) atoms. The van der Waals surface area contributed by atoms with Gasteiger partial charge in [0, 0.05) is 30.1 Å². The molecule has 0 bridgehead atoms. The lowest BCUT2D eigenvalue weighted by molar-refractivity contribution is 0.0843. The number of amides is 1. The van der Waals surface area contributed by atoms with Crippen LogP contribution in [0.3, 0.4) is 0 Å². The highest BCUT2D eigenvalue weighted by Crippen LogP contribution is 2.33. The molecule has 6 heteroatoms. The molecule has 4 aromatic rings. The third-order valence-corrected chi connectivity index (χ3v) is 7.02. The van der Waals surface area contributed by atoms with Crippen LogP contribution in [-0.2, 0) is 18.0 Å². The fourth-order valence-electron chi connectivity index (χ4n) is 4.93. The van der Waals surface area contributed by atoms with Crippen molar-refractivity contribution in [2.75, 3.05) is 13.1 Å². The molecule has 2 heterocycles. The van der Waals surface area contributed by atoms with E-state index in [1.54, 1.807) is 11.0 Å². The largest absolute Gasteiger partial charge is 0.488 e. The van der Waals surface area contributed by atoms with Gasteiger partial charge in [-0.05, 0) is 49.9 Å². The molecule has 0 saturated carbocycles. The minimum absolute atomic E-state index is 0.0438. The lowest BCUT2D eigenvalue weighted by atomic mass is 9.92. The van der Waals surface area contributed by atoms with Crippen LogP contribution in [0.2, 0.25) is 0 Å². The predicted molar refractivity (Wildman–Crippen MR) is 143 cm³/mol. The number of carbonyl (C=O) groups excluding carboxylic acids is 1. The van der Waals surface area contributed by atoms with Crippen molar-refractivity contribution < 1.29 is 18.7 Å². The standard InChI is InChI=1S/C31H31NO5/c1-21-27(35-19-23-10-5-3-6-11-23)16-15-26-28(33)22(2)29(37-30(21)26)25-14-9-17-32(18-25)31(34)36-20-24-12-7-4-8-13-24/h3-8,10-13,15-16,25H,9,14,17-20H2,1-2H3. The van der Waals surface area contributed by atoms with E-state index in [1.807, 2.05) is 80.6 Å². The van der Waals surface area contributed by atoms with Gasteiger partial charge < -0.3 is 18.8 Å². The number of likely N-dealkylation sites (tertiary alicyclic amines) is 1. The van der Waals surface area contributed by atoms with Crippen LogP contribution in [0, 0.1) is 13.8 Å². The summed E-state index contributed by atoms with van der Waals surface area (Å²) < 4.78 is 18.1. The van der Waals surface area contributed by atoms with Gasteiger partial charge in [0.1, 0.15) is 30.3 Å². The van der Waals surface area contributed by atoms with Crippen LogP contribution < -0.4 is 10.2 Å². The third kappa shape index (κ3) is 5.38. The van der Waals surface area contributed by atoms with Crippen molar-refractivity contribution in [3.05, 3.63) is 111 Å². The normalized spacial score (nSPS) is 15.5. The van der Waals surface area contributed by atoms with Crippen molar-refractivity contribution in [1.29, 1.82) is 0 Å². The van der Waals surface area contributed by atoms with E-state index in [0.717, 1.165) is 29.5 Å². The lowest BCUT2D eigenvalue weighted by Gasteiger charge is -2.32. The van der Waals surface area contributed by atoms with Crippen LogP contribution in [0.5, 0.6) is 5.75 Å². The number of piperidine rings is 1. The zero-order valence-corrected chi connectivity index (χ0v) is 21.2. The monoisotopic (exact) mass is 497 g/mol. The van der Waals surface area contributed by atoms with Crippen LogP contribution in [0.1, 0.15) is 46.8 Å². The second-order valence-corrected chi connectivity index (χ2v) is 9.59. The average molecular weight is 498 g/mol. The van der Waals surface area contributed by atoms with Crippen molar-refractivity contribution in [1.82, 2.24) is 4.90 Å². The molecule has 0 aliphatic carbocycles. The minimum Gasteiger partial charge on any atom is -0.488 e. The minimum atomic E-state index is -0.345. The summed E-state index contributed by atoms with van der Waals surface area (Å²) in [5.74, 6) is 1.24. The van der Waals surface area contributed by atoms with E-state index in [9.17, 15) is 9.59 Å². The Morgan fingerprint density at radius 3 is 2.30 bits per heavy atom. The molecule has 1 atom stereocenters. The molecule has 0 N–H and O–H groups in total. The highest BCUT2D eigenvalue weighted by atomic mass is 16.6. The number of benzene rings is 3. The average Bonchev–Trinajstić information content (AvgIpc) is 2.94. The van der Waals surface area contributed by atoms with Crippen LogP contribution in [0.25, 0.3) is 11.0 Å². The van der Waals surface area contributed by atoms with Gasteiger partial charge >= 0.3 is 6.09 Å². The molecule has 0 spiro atoms. The first-order valence-electron chi connectivity index (χ1n) is 12.7. The molecule has 1 aliphatic rings. The molecule has 1 saturated heterocycles. The Kier molecular flexibility index (Phi) is 7.26. The summed E-state index contributed by atoms with van der Waals surface area (Å²) in [6.45, 7) is 5.46. The summed E-state index contributed by atoms with van der Waals surface area (Å²) in [7, 11) is 0. The van der Waals surface area contributed by atoms with E-state index in [0.29, 0.717) is 47.7 Å². The van der Waals surface area contributed by atoms with Crippen LogP contribution in [0.4, 0.5) is 4.79 Å². The molecule has 1 fully saturated rings. The first kappa shape index (κ1) is 24.6. The van der Waals surface area contributed by atoms with Gasteiger partial charge in [0.2, 0.25) is 0 Å². The van der Waals surface area contributed by atoms with Crippen molar-refractivity contribution in [2.45, 2.75) is 45.8 Å². The molecule has 1 amide bonds. The summed E-state index contributed by atoms with van der Waals surface area (Å²) in [6, 6.07) is 23.2. The summed E-state index contributed by atoms with van der Waals surface area (Å²) in [4.78, 5) is 27.8. The molecule has 3 aromatic carbocycles. The van der Waals surface area contributed by atoms with Gasteiger partial charge in [-0.25, -0.2) is 4.79 Å². The maximum atomic E-state index is 13.3. The number of nitrogens with zero attached hydrogens (tertiary/aromatic N) is 1. The number of rotatable bonds is 6. The van der Waals surface area contributed by atoms with E-state index in [1.165, 1.54) is 0 Å². The van der Waals surface area contributed by atoms with E-state index in [-0.39, 0.29) is 24.0 Å².